The van der Waals surface area contributed by atoms with Gasteiger partial charge in [0.1, 0.15) is 11.6 Å². The number of ether oxygens (including phenoxy) is 1. The van der Waals surface area contributed by atoms with Crippen molar-refractivity contribution in [3.8, 4) is 5.75 Å². The summed E-state index contributed by atoms with van der Waals surface area (Å²) in [4.78, 5) is 12.7. The summed E-state index contributed by atoms with van der Waals surface area (Å²) in [6, 6.07) is 12.1. The quantitative estimate of drug-likeness (QED) is 0.748. The number of hydrogen-bond acceptors (Lipinski definition) is 2. The van der Waals surface area contributed by atoms with Crippen molar-refractivity contribution in [1.82, 2.24) is 5.32 Å². The maximum absolute atomic E-state index is 13.5. The van der Waals surface area contributed by atoms with Gasteiger partial charge in [-0.15, -0.1) is 0 Å². The molecule has 3 rings (SSSR count). The van der Waals surface area contributed by atoms with E-state index in [9.17, 15) is 22.4 Å². The van der Waals surface area contributed by atoms with Crippen molar-refractivity contribution in [3.05, 3.63) is 65.5 Å². The summed E-state index contributed by atoms with van der Waals surface area (Å²) in [5.41, 5.74) is 0.691. The first-order valence-electron chi connectivity index (χ1n) is 8.61. The molecule has 1 fully saturated rings. The Balaban J connectivity index is 1.60. The first-order valence-corrected chi connectivity index (χ1v) is 8.61. The minimum Gasteiger partial charge on any atom is -0.484 e. The maximum Gasteiger partial charge on any atom is 0.422 e. The fraction of sp³-hybridized carbons (Fsp3) is 0.350. The lowest BCUT2D eigenvalue weighted by atomic mass is 9.64. The van der Waals surface area contributed by atoms with Crippen LogP contribution in [0.3, 0.4) is 0 Å². The largest absolute Gasteiger partial charge is 0.484 e. The Morgan fingerprint density at radius 1 is 1.11 bits per heavy atom. The molecule has 1 aliphatic rings. The third-order valence-electron chi connectivity index (χ3n) is 4.80. The Bertz CT molecular complexity index is 798. The van der Waals surface area contributed by atoms with E-state index in [0.29, 0.717) is 18.4 Å². The zero-order valence-corrected chi connectivity index (χ0v) is 14.5. The first kappa shape index (κ1) is 19.2. The Hall–Kier alpha value is -2.57. The number of halogens is 4. The van der Waals surface area contributed by atoms with Crippen molar-refractivity contribution in [3.63, 3.8) is 0 Å². The monoisotopic (exact) mass is 381 g/mol. The van der Waals surface area contributed by atoms with E-state index in [1.807, 2.05) is 0 Å². The minimum absolute atomic E-state index is 0.109. The predicted molar refractivity (Wildman–Crippen MR) is 91.8 cm³/mol. The number of carbonyl (C=O) groups excluding carboxylic acids is 1. The van der Waals surface area contributed by atoms with Gasteiger partial charge in [-0.1, -0.05) is 30.7 Å². The molecule has 27 heavy (non-hydrogen) atoms. The highest BCUT2D eigenvalue weighted by Crippen LogP contribution is 2.44. The molecule has 0 heterocycles. The van der Waals surface area contributed by atoms with Gasteiger partial charge < -0.3 is 10.1 Å². The molecule has 0 radical (unpaired) electrons. The summed E-state index contributed by atoms with van der Waals surface area (Å²) in [7, 11) is 0. The standard InChI is InChI=1S/C20H19F4NO2/c21-16-4-1-3-15(11-16)19(9-2-10-19)18(26)25-12-14-5-7-17(8-6-14)27-13-20(22,23)24/h1,3-8,11H,2,9-10,12-13H2,(H,25,26). The van der Waals surface area contributed by atoms with Gasteiger partial charge in [0.05, 0.1) is 5.41 Å². The first-order chi connectivity index (χ1) is 12.8. The number of alkyl halides is 3. The van der Waals surface area contributed by atoms with Crippen molar-refractivity contribution in [2.75, 3.05) is 6.61 Å². The normalized spacial score (nSPS) is 15.7. The SMILES string of the molecule is O=C(NCc1ccc(OCC(F)(F)F)cc1)C1(c2cccc(F)c2)CCC1. The number of nitrogens with one attached hydrogen (secondary N) is 1. The van der Waals surface area contributed by atoms with Crippen molar-refractivity contribution < 1.29 is 27.1 Å². The van der Waals surface area contributed by atoms with E-state index < -0.39 is 18.2 Å². The van der Waals surface area contributed by atoms with Crippen molar-refractivity contribution >= 4 is 5.91 Å². The molecule has 1 aliphatic carbocycles. The molecule has 0 atom stereocenters. The Kier molecular flexibility index (Phi) is 5.39. The highest BCUT2D eigenvalue weighted by atomic mass is 19.4. The molecule has 144 valence electrons. The van der Waals surface area contributed by atoms with E-state index in [2.05, 4.69) is 10.1 Å². The molecular formula is C20H19F4NO2. The lowest BCUT2D eigenvalue weighted by Crippen LogP contribution is -2.49. The van der Waals surface area contributed by atoms with Gasteiger partial charge >= 0.3 is 6.18 Å². The summed E-state index contributed by atoms with van der Waals surface area (Å²) >= 11 is 0. The van der Waals surface area contributed by atoms with Gasteiger partial charge in [-0.05, 0) is 48.2 Å². The van der Waals surface area contributed by atoms with Gasteiger partial charge in [-0.25, -0.2) is 4.39 Å². The summed E-state index contributed by atoms with van der Waals surface area (Å²) in [5.74, 6) is -0.435. The van der Waals surface area contributed by atoms with Gasteiger partial charge in [0, 0.05) is 6.54 Å². The summed E-state index contributed by atoms with van der Waals surface area (Å²) < 4.78 is 54.6. The number of benzene rings is 2. The van der Waals surface area contributed by atoms with Crippen molar-refractivity contribution in [2.24, 2.45) is 0 Å². The van der Waals surface area contributed by atoms with Gasteiger partial charge in [-0.3, -0.25) is 4.79 Å². The van der Waals surface area contributed by atoms with Crippen LogP contribution in [0.4, 0.5) is 17.6 Å². The molecule has 0 aromatic heterocycles. The van der Waals surface area contributed by atoms with Crippen LogP contribution >= 0.6 is 0 Å². The highest BCUT2D eigenvalue weighted by molar-refractivity contribution is 5.89. The van der Waals surface area contributed by atoms with Crippen LogP contribution in [0, 0.1) is 5.82 Å². The molecule has 0 spiro atoms. The number of hydrogen-bond donors (Lipinski definition) is 1. The summed E-state index contributed by atoms with van der Waals surface area (Å²) in [5, 5.41) is 2.85. The molecular weight excluding hydrogens is 362 g/mol. The van der Waals surface area contributed by atoms with Crippen LogP contribution in [-0.2, 0) is 16.8 Å². The van der Waals surface area contributed by atoms with E-state index in [-0.39, 0.29) is 24.0 Å². The van der Waals surface area contributed by atoms with E-state index in [1.165, 1.54) is 24.3 Å². The Morgan fingerprint density at radius 2 is 1.81 bits per heavy atom. The fourth-order valence-corrected chi connectivity index (χ4v) is 3.18. The van der Waals surface area contributed by atoms with Crippen molar-refractivity contribution in [2.45, 2.75) is 37.4 Å². The number of amides is 1. The van der Waals surface area contributed by atoms with E-state index in [4.69, 9.17) is 0 Å². The van der Waals surface area contributed by atoms with Crippen molar-refractivity contribution in [1.29, 1.82) is 0 Å². The number of carbonyl (C=O) groups is 1. The lowest BCUT2D eigenvalue weighted by Gasteiger charge is -2.40. The van der Waals surface area contributed by atoms with E-state index in [1.54, 1.807) is 24.3 Å². The molecule has 0 aliphatic heterocycles. The van der Waals surface area contributed by atoms with Crippen LogP contribution in [0.25, 0.3) is 0 Å². The van der Waals surface area contributed by atoms with Crippen LogP contribution in [0.15, 0.2) is 48.5 Å². The number of rotatable bonds is 6. The third kappa shape index (κ3) is 4.59. The maximum atomic E-state index is 13.5. The zero-order chi connectivity index (χ0) is 19.5. The van der Waals surface area contributed by atoms with E-state index >= 15 is 0 Å². The molecule has 0 unspecified atom stereocenters. The second kappa shape index (κ2) is 7.58. The molecule has 2 aromatic rings. The minimum atomic E-state index is -4.39. The molecule has 0 bridgehead atoms. The van der Waals surface area contributed by atoms with Crippen LogP contribution in [0.2, 0.25) is 0 Å². The van der Waals surface area contributed by atoms with Gasteiger partial charge in [0.25, 0.3) is 0 Å². The molecule has 0 saturated heterocycles. The molecule has 1 amide bonds. The predicted octanol–water partition coefficient (Wildman–Crippen LogP) is 4.50. The Labute approximate surface area is 154 Å². The molecule has 1 N–H and O–H groups in total. The van der Waals surface area contributed by atoms with Crippen LogP contribution in [-0.4, -0.2) is 18.7 Å². The second-order valence-corrected chi connectivity index (χ2v) is 6.68. The summed E-state index contributed by atoms with van der Waals surface area (Å²) in [6.07, 6.45) is -2.17. The average molecular weight is 381 g/mol. The fourth-order valence-electron chi connectivity index (χ4n) is 3.18. The van der Waals surface area contributed by atoms with E-state index in [0.717, 1.165) is 12.0 Å². The van der Waals surface area contributed by atoms with Crippen LogP contribution in [0.1, 0.15) is 30.4 Å². The highest BCUT2D eigenvalue weighted by Gasteiger charge is 2.45. The zero-order valence-electron chi connectivity index (χ0n) is 14.5. The van der Waals surface area contributed by atoms with Gasteiger partial charge in [0.15, 0.2) is 6.61 Å². The van der Waals surface area contributed by atoms with Gasteiger partial charge in [0.2, 0.25) is 5.91 Å². The molecule has 2 aromatic carbocycles. The molecule has 7 heteroatoms. The lowest BCUT2D eigenvalue weighted by molar-refractivity contribution is -0.153. The molecule has 3 nitrogen and oxygen atoms in total. The smallest absolute Gasteiger partial charge is 0.422 e. The topological polar surface area (TPSA) is 38.3 Å². The average Bonchev–Trinajstić information content (AvgIpc) is 2.57. The van der Waals surface area contributed by atoms with Gasteiger partial charge in [-0.2, -0.15) is 13.2 Å². The molecule has 1 saturated carbocycles. The van der Waals surface area contributed by atoms with Crippen LogP contribution < -0.4 is 10.1 Å². The Morgan fingerprint density at radius 3 is 2.37 bits per heavy atom. The third-order valence-corrected chi connectivity index (χ3v) is 4.80. The second-order valence-electron chi connectivity index (χ2n) is 6.68. The summed E-state index contributed by atoms with van der Waals surface area (Å²) in [6.45, 7) is -1.12. The van der Waals surface area contributed by atoms with Crippen LogP contribution in [0.5, 0.6) is 5.75 Å².